The van der Waals surface area contributed by atoms with E-state index in [2.05, 4.69) is 20.1 Å². The molecule has 0 unspecified atom stereocenters. The minimum absolute atomic E-state index is 0.0461. The van der Waals surface area contributed by atoms with Crippen LogP contribution in [0, 0.1) is 0 Å². The third kappa shape index (κ3) is 8.35. The van der Waals surface area contributed by atoms with Crippen LogP contribution in [0.5, 0.6) is 0 Å². The molecule has 0 atom stereocenters. The Morgan fingerprint density at radius 1 is 1.40 bits per heavy atom. The van der Waals surface area contributed by atoms with Crippen molar-refractivity contribution in [2.45, 2.75) is 12.8 Å². The van der Waals surface area contributed by atoms with Crippen LogP contribution in [0.4, 0.5) is 0 Å². The summed E-state index contributed by atoms with van der Waals surface area (Å²) in [5.74, 6) is 0. The van der Waals surface area contributed by atoms with Gasteiger partial charge in [0.05, 0.1) is 6.61 Å². The van der Waals surface area contributed by atoms with E-state index in [0.717, 1.165) is 11.8 Å². The number of halogens is 1. The van der Waals surface area contributed by atoms with Gasteiger partial charge in [-0.05, 0) is 12.8 Å². The second-order valence-corrected chi connectivity index (χ2v) is 3.53. The summed E-state index contributed by atoms with van der Waals surface area (Å²) in [5, 5.41) is 0.807. The lowest BCUT2D eigenvalue weighted by molar-refractivity contribution is 0.264. The van der Waals surface area contributed by atoms with Gasteiger partial charge in [-0.25, -0.2) is 4.18 Å². The SMILES string of the molecule is O=S(=O)(O)OCCCCBr. The molecule has 0 saturated heterocycles. The maximum atomic E-state index is 9.92. The Hall–Kier alpha value is 0.350. The number of alkyl halides is 1. The summed E-state index contributed by atoms with van der Waals surface area (Å²) in [6, 6.07) is 0. The summed E-state index contributed by atoms with van der Waals surface area (Å²) in [7, 11) is -4.22. The zero-order chi connectivity index (χ0) is 8.04. The third-order valence-electron chi connectivity index (χ3n) is 0.760. The van der Waals surface area contributed by atoms with Gasteiger partial charge < -0.3 is 0 Å². The fourth-order valence-corrected chi connectivity index (χ4v) is 1.09. The van der Waals surface area contributed by atoms with Crippen LogP contribution < -0.4 is 0 Å². The van der Waals surface area contributed by atoms with Crippen molar-refractivity contribution in [3.05, 3.63) is 0 Å². The van der Waals surface area contributed by atoms with Gasteiger partial charge in [0, 0.05) is 5.33 Å². The van der Waals surface area contributed by atoms with Crippen LogP contribution in [-0.2, 0) is 14.6 Å². The van der Waals surface area contributed by atoms with Crippen molar-refractivity contribution >= 4 is 26.3 Å². The molecule has 0 aliphatic carbocycles. The van der Waals surface area contributed by atoms with Crippen molar-refractivity contribution in [2.24, 2.45) is 0 Å². The highest BCUT2D eigenvalue weighted by atomic mass is 79.9. The first kappa shape index (κ1) is 10.3. The summed E-state index contributed by atoms with van der Waals surface area (Å²) in [5.41, 5.74) is 0. The quantitative estimate of drug-likeness (QED) is 0.436. The topological polar surface area (TPSA) is 63.6 Å². The average Bonchev–Trinajstić information content (AvgIpc) is 1.78. The Bertz CT molecular complexity index is 164. The maximum absolute atomic E-state index is 9.92. The number of unbranched alkanes of at least 4 members (excludes halogenated alkanes) is 1. The van der Waals surface area contributed by atoms with Crippen molar-refractivity contribution in [3.8, 4) is 0 Å². The molecule has 0 heterocycles. The van der Waals surface area contributed by atoms with Gasteiger partial charge in [-0.1, -0.05) is 15.9 Å². The first-order valence-electron chi connectivity index (χ1n) is 2.74. The summed E-state index contributed by atoms with van der Waals surface area (Å²) in [4.78, 5) is 0. The molecule has 4 nitrogen and oxygen atoms in total. The van der Waals surface area contributed by atoms with Crippen molar-refractivity contribution in [3.63, 3.8) is 0 Å². The van der Waals surface area contributed by atoms with Gasteiger partial charge in [-0.2, -0.15) is 8.42 Å². The predicted molar refractivity (Wildman–Crippen MR) is 40.5 cm³/mol. The van der Waals surface area contributed by atoms with Crippen LogP contribution in [0.2, 0.25) is 0 Å². The average molecular weight is 233 g/mol. The largest absolute Gasteiger partial charge is 0.397 e. The lowest BCUT2D eigenvalue weighted by Gasteiger charge is -1.96. The van der Waals surface area contributed by atoms with E-state index in [1.165, 1.54) is 0 Å². The van der Waals surface area contributed by atoms with E-state index in [-0.39, 0.29) is 6.61 Å². The first-order valence-corrected chi connectivity index (χ1v) is 5.23. The van der Waals surface area contributed by atoms with Gasteiger partial charge >= 0.3 is 10.4 Å². The van der Waals surface area contributed by atoms with E-state index in [1.807, 2.05) is 0 Å². The fourth-order valence-electron chi connectivity index (χ4n) is 0.361. The van der Waals surface area contributed by atoms with Crippen LogP contribution in [0.3, 0.4) is 0 Å². The van der Waals surface area contributed by atoms with Gasteiger partial charge in [0.25, 0.3) is 0 Å². The van der Waals surface area contributed by atoms with E-state index in [9.17, 15) is 8.42 Å². The van der Waals surface area contributed by atoms with Gasteiger partial charge in [-0.3, -0.25) is 4.55 Å². The minimum atomic E-state index is -4.22. The molecular formula is C4H9BrO4S. The Morgan fingerprint density at radius 2 is 2.00 bits per heavy atom. The Labute approximate surface area is 68.7 Å². The second-order valence-electron chi connectivity index (χ2n) is 1.65. The van der Waals surface area contributed by atoms with Crippen LogP contribution in [0.15, 0.2) is 0 Å². The predicted octanol–water partition coefficient (Wildman–Crippen LogP) is 0.981. The van der Waals surface area contributed by atoms with E-state index in [0.29, 0.717) is 6.42 Å². The van der Waals surface area contributed by atoms with E-state index < -0.39 is 10.4 Å². The van der Waals surface area contributed by atoms with Crippen LogP contribution in [-0.4, -0.2) is 24.9 Å². The summed E-state index contributed by atoms with van der Waals surface area (Å²) < 4.78 is 31.9. The molecular weight excluding hydrogens is 224 g/mol. The molecule has 0 aromatic heterocycles. The van der Waals surface area contributed by atoms with Gasteiger partial charge in [0.1, 0.15) is 0 Å². The van der Waals surface area contributed by atoms with E-state index in [1.54, 1.807) is 0 Å². The minimum Gasteiger partial charge on any atom is -0.264 e. The Balaban J connectivity index is 3.21. The van der Waals surface area contributed by atoms with Crippen molar-refractivity contribution in [1.82, 2.24) is 0 Å². The highest BCUT2D eigenvalue weighted by Gasteiger charge is 2.01. The lowest BCUT2D eigenvalue weighted by atomic mass is 10.4. The molecule has 0 bridgehead atoms. The van der Waals surface area contributed by atoms with Gasteiger partial charge in [0.15, 0.2) is 0 Å². The summed E-state index contributed by atoms with van der Waals surface area (Å²) in [6.07, 6.45) is 1.44. The Morgan fingerprint density at radius 3 is 2.40 bits per heavy atom. The molecule has 0 radical (unpaired) electrons. The smallest absolute Gasteiger partial charge is 0.264 e. The van der Waals surface area contributed by atoms with E-state index in [4.69, 9.17) is 4.55 Å². The normalized spacial score (nSPS) is 11.8. The van der Waals surface area contributed by atoms with Crippen molar-refractivity contribution in [1.29, 1.82) is 0 Å². The molecule has 62 valence electrons. The number of rotatable bonds is 5. The first-order chi connectivity index (χ1) is 4.56. The van der Waals surface area contributed by atoms with Crippen LogP contribution in [0.1, 0.15) is 12.8 Å². The van der Waals surface area contributed by atoms with E-state index >= 15 is 0 Å². The molecule has 0 rings (SSSR count). The molecule has 0 aliphatic heterocycles. The zero-order valence-corrected chi connectivity index (χ0v) is 7.69. The molecule has 0 aliphatic rings. The van der Waals surface area contributed by atoms with Gasteiger partial charge in [-0.15, -0.1) is 0 Å². The maximum Gasteiger partial charge on any atom is 0.397 e. The monoisotopic (exact) mass is 232 g/mol. The van der Waals surface area contributed by atoms with Crippen molar-refractivity contribution < 1.29 is 17.2 Å². The summed E-state index contributed by atoms with van der Waals surface area (Å²) >= 11 is 3.16. The van der Waals surface area contributed by atoms with Gasteiger partial charge in [0.2, 0.25) is 0 Å². The Kier molecular flexibility index (Phi) is 5.24. The molecule has 1 N–H and O–H groups in total. The summed E-state index contributed by atoms with van der Waals surface area (Å²) in [6.45, 7) is 0.0461. The molecule has 0 saturated carbocycles. The molecule has 0 fully saturated rings. The zero-order valence-electron chi connectivity index (χ0n) is 5.29. The molecule has 6 heteroatoms. The lowest BCUT2D eigenvalue weighted by Crippen LogP contribution is -2.04. The molecule has 0 amide bonds. The third-order valence-corrected chi connectivity index (χ3v) is 1.79. The standard InChI is InChI=1S/C4H9BrO4S/c5-3-1-2-4-9-10(6,7)8/h1-4H2,(H,6,7,8). The highest BCUT2D eigenvalue weighted by Crippen LogP contribution is 1.96. The fraction of sp³-hybridized carbons (Fsp3) is 1.00. The number of hydrogen-bond donors (Lipinski definition) is 1. The second kappa shape index (κ2) is 5.06. The molecule has 0 aromatic carbocycles. The van der Waals surface area contributed by atoms with Crippen LogP contribution >= 0.6 is 15.9 Å². The van der Waals surface area contributed by atoms with Crippen molar-refractivity contribution in [2.75, 3.05) is 11.9 Å². The van der Waals surface area contributed by atoms with Crippen LogP contribution in [0.25, 0.3) is 0 Å². The molecule has 0 spiro atoms. The molecule has 0 aromatic rings. The number of hydrogen-bond acceptors (Lipinski definition) is 3. The highest BCUT2D eigenvalue weighted by molar-refractivity contribution is 9.09. The molecule has 10 heavy (non-hydrogen) atoms.